The summed E-state index contributed by atoms with van der Waals surface area (Å²) in [4.78, 5) is 23.4. The predicted molar refractivity (Wildman–Crippen MR) is 130 cm³/mol. The van der Waals surface area contributed by atoms with Gasteiger partial charge >= 0.3 is 0 Å². The minimum atomic E-state index is -0.389. The van der Waals surface area contributed by atoms with Gasteiger partial charge in [-0.05, 0) is 59.9 Å². The van der Waals surface area contributed by atoms with Gasteiger partial charge in [-0.25, -0.2) is 0 Å². The summed E-state index contributed by atoms with van der Waals surface area (Å²) in [7, 11) is 0. The molecule has 1 amide bonds. The van der Waals surface area contributed by atoms with Crippen LogP contribution in [0.4, 0.5) is 17.1 Å². The molecule has 166 valence electrons. The first-order valence-electron chi connectivity index (χ1n) is 10.5. The predicted octanol–water partition coefficient (Wildman–Crippen LogP) is 6.98. The van der Waals surface area contributed by atoms with Crippen molar-refractivity contribution in [3.05, 3.63) is 110 Å². The van der Waals surface area contributed by atoms with Gasteiger partial charge in [0.1, 0.15) is 0 Å². The van der Waals surface area contributed by atoms with Crippen LogP contribution in [0.2, 0.25) is 10.0 Å². The van der Waals surface area contributed by atoms with Crippen molar-refractivity contribution < 1.29 is 9.72 Å². The SMILES string of the molecule is O=C(Nc1ccc2c(c1)[C@@H]1C=CC[C@@H]1[C@@H](c1ccc([N+](=O)[O-])cc1)N2)c1ccc(Cl)cc1Cl. The normalized spacial score (nSPS) is 20.5. The summed E-state index contributed by atoms with van der Waals surface area (Å²) in [6, 6.07) is 17.3. The zero-order valence-corrected chi connectivity index (χ0v) is 18.8. The van der Waals surface area contributed by atoms with E-state index in [0.29, 0.717) is 21.3 Å². The van der Waals surface area contributed by atoms with Crippen LogP contribution in [0.3, 0.4) is 0 Å². The molecule has 0 fully saturated rings. The molecular formula is C25H19Cl2N3O3. The Morgan fingerprint density at radius 1 is 1.06 bits per heavy atom. The van der Waals surface area contributed by atoms with Gasteiger partial charge in [-0.3, -0.25) is 14.9 Å². The highest BCUT2D eigenvalue weighted by atomic mass is 35.5. The van der Waals surface area contributed by atoms with E-state index in [1.165, 1.54) is 0 Å². The van der Waals surface area contributed by atoms with Crippen molar-refractivity contribution in [3.63, 3.8) is 0 Å². The van der Waals surface area contributed by atoms with Crippen molar-refractivity contribution in [2.75, 3.05) is 10.6 Å². The number of allylic oxidation sites excluding steroid dienone is 2. The molecule has 0 radical (unpaired) electrons. The molecule has 0 saturated heterocycles. The van der Waals surface area contributed by atoms with E-state index in [1.54, 1.807) is 30.3 Å². The number of anilines is 2. The van der Waals surface area contributed by atoms with Crippen LogP contribution in [0.25, 0.3) is 0 Å². The first kappa shape index (κ1) is 21.5. The third kappa shape index (κ3) is 4.08. The first-order valence-corrected chi connectivity index (χ1v) is 11.2. The fraction of sp³-hybridized carbons (Fsp3) is 0.160. The minimum absolute atomic E-state index is 0.0339. The fourth-order valence-corrected chi connectivity index (χ4v) is 5.17. The Bertz CT molecular complexity index is 1290. The summed E-state index contributed by atoms with van der Waals surface area (Å²) >= 11 is 12.1. The van der Waals surface area contributed by atoms with E-state index >= 15 is 0 Å². The Hall–Kier alpha value is -3.35. The smallest absolute Gasteiger partial charge is 0.269 e. The molecule has 3 aromatic carbocycles. The summed E-state index contributed by atoms with van der Waals surface area (Å²) in [5.41, 5.74) is 4.21. The van der Waals surface area contributed by atoms with Crippen LogP contribution in [0.15, 0.2) is 72.8 Å². The molecule has 0 bridgehead atoms. The number of carbonyl (C=O) groups is 1. The van der Waals surface area contributed by atoms with Crippen LogP contribution in [0.1, 0.15) is 39.9 Å². The van der Waals surface area contributed by atoms with E-state index in [0.717, 1.165) is 23.2 Å². The maximum atomic E-state index is 12.7. The lowest BCUT2D eigenvalue weighted by molar-refractivity contribution is -0.384. The quantitative estimate of drug-likeness (QED) is 0.240. The summed E-state index contributed by atoms with van der Waals surface area (Å²) in [5.74, 6) is 0.149. The summed E-state index contributed by atoms with van der Waals surface area (Å²) < 4.78 is 0. The number of nitro benzene ring substituents is 1. The molecule has 3 aromatic rings. The topological polar surface area (TPSA) is 84.3 Å². The zero-order valence-electron chi connectivity index (χ0n) is 17.3. The van der Waals surface area contributed by atoms with Crippen LogP contribution >= 0.6 is 23.2 Å². The number of halogens is 2. The lowest BCUT2D eigenvalue weighted by atomic mass is 9.77. The number of hydrogen-bond donors (Lipinski definition) is 2. The number of hydrogen-bond acceptors (Lipinski definition) is 4. The molecule has 1 aliphatic heterocycles. The molecule has 6 nitrogen and oxygen atoms in total. The highest BCUT2D eigenvalue weighted by Gasteiger charge is 2.38. The van der Waals surface area contributed by atoms with E-state index in [-0.39, 0.29) is 34.4 Å². The van der Waals surface area contributed by atoms with Gasteiger partial charge in [0.25, 0.3) is 11.6 Å². The summed E-state index contributed by atoms with van der Waals surface area (Å²) in [6.45, 7) is 0. The Balaban J connectivity index is 1.41. The Kier molecular flexibility index (Phi) is 5.56. The van der Waals surface area contributed by atoms with Gasteiger partial charge in [-0.1, -0.05) is 47.5 Å². The fourth-order valence-electron chi connectivity index (χ4n) is 4.68. The maximum Gasteiger partial charge on any atom is 0.269 e. The maximum absolute atomic E-state index is 12.7. The lowest BCUT2D eigenvalue weighted by Crippen LogP contribution is -2.29. The van der Waals surface area contributed by atoms with E-state index in [9.17, 15) is 14.9 Å². The molecule has 1 heterocycles. The van der Waals surface area contributed by atoms with Gasteiger partial charge in [0.15, 0.2) is 0 Å². The minimum Gasteiger partial charge on any atom is -0.378 e. The number of nitrogens with one attached hydrogen (secondary N) is 2. The molecule has 33 heavy (non-hydrogen) atoms. The van der Waals surface area contributed by atoms with E-state index in [4.69, 9.17) is 23.2 Å². The number of nitrogens with zero attached hydrogens (tertiary/aromatic N) is 1. The first-order chi connectivity index (χ1) is 15.9. The van der Waals surface area contributed by atoms with E-state index in [2.05, 4.69) is 22.8 Å². The molecule has 0 aromatic heterocycles. The molecule has 2 aliphatic rings. The Morgan fingerprint density at radius 2 is 1.85 bits per heavy atom. The number of amides is 1. The molecule has 3 atom stereocenters. The zero-order chi connectivity index (χ0) is 23.1. The van der Waals surface area contributed by atoms with Crippen molar-refractivity contribution in [2.24, 2.45) is 5.92 Å². The molecule has 0 saturated carbocycles. The summed E-state index contributed by atoms with van der Waals surface area (Å²) in [6.07, 6.45) is 5.27. The Morgan fingerprint density at radius 3 is 2.58 bits per heavy atom. The molecule has 0 spiro atoms. The largest absolute Gasteiger partial charge is 0.378 e. The second-order valence-electron chi connectivity index (χ2n) is 8.20. The van der Waals surface area contributed by atoms with Gasteiger partial charge in [0.2, 0.25) is 0 Å². The number of non-ortho nitro benzene ring substituents is 1. The van der Waals surface area contributed by atoms with Crippen LogP contribution < -0.4 is 10.6 Å². The van der Waals surface area contributed by atoms with Gasteiger partial charge in [-0.2, -0.15) is 0 Å². The van der Waals surface area contributed by atoms with Crippen LogP contribution in [0.5, 0.6) is 0 Å². The third-order valence-electron chi connectivity index (χ3n) is 6.26. The van der Waals surface area contributed by atoms with Gasteiger partial charge < -0.3 is 10.6 Å². The highest BCUT2D eigenvalue weighted by molar-refractivity contribution is 6.37. The second-order valence-corrected chi connectivity index (χ2v) is 9.05. The van der Waals surface area contributed by atoms with Crippen LogP contribution in [-0.4, -0.2) is 10.8 Å². The van der Waals surface area contributed by atoms with Crippen molar-refractivity contribution in [3.8, 4) is 0 Å². The monoisotopic (exact) mass is 479 g/mol. The second kappa shape index (κ2) is 8.54. The molecule has 8 heteroatoms. The van der Waals surface area contributed by atoms with Gasteiger partial charge in [0.05, 0.1) is 21.6 Å². The van der Waals surface area contributed by atoms with Gasteiger partial charge in [0, 0.05) is 34.4 Å². The number of fused-ring (bicyclic) bond motifs is 3. The van der Waals surface area contributed by atoms with Crippen LogP contribution in [0, 0.1) is 16.0 Å². The highest BCUT2D eigenvalue weighted by Crippen LogP contribution is 2.50. The molecular weight excluding hydrogens is 461 g/mol. The lowest BCUT2D eigenvalue weighted by Gasteiger charge is -2.37. The summed E-state index contributed by atoms with van der Waals surface area (Å²) in [5, 5.41) is 18.3. The van der Waals surface area contributed by atoms with Crippen molar-refractivity contribution >= 4 is 46.2 Å². The standard InChI is InChI=1S/C25H19Cl2N3O3/c26-15-6-10-20(22(27)12-15)25(31)28-16-7-11-23-21(13-16)18-2-1-3-19(18)24(29-23)14-4-8-17(9-5-14)30(32)33/h1-2,4-13,18-19,24,29H,3H2,(H,28,31)/t18-,19+,24-/m1/s1. The van der Waals surface area contributed by atoms with Crippen molar-refractivity contribution in [1.29, 1.82) is 0 Å². The van der Waals surface area contributed by atoms with E-state index in [1.807, 2.05) is 30.3 Å². The van der Waals surface area contributed by atoms with Crippen molar-refractivity contribution in [2.45, 2.75) is 18.4 Å². The molecule has 0 unspecified atom stereocenters. The van der Waals surface area contributed by atoms with Crippen LogP contribution in [-0.2, 0) is 0 Å². The average molecular weight is 480 g/mol. The molecule has 2 N–H and O–H groups in total. The third-order valence-corrected chi connectivity index (χ3v) is 6.81. The van der Waals surface area contributed by atoms with Gasteiger partial charge in [-0.15, -0.1) is 0 Å². The average Bonchev–Trinajstić information content (AvgIpc) is 3.29. The van der Waals surface area contributed by atoms with E-state index < -0.39 is 0 Å². The van der Waals surface area contributed by atoms with Crippen molar-refractivity contribution in [1.82, 2.24) is 0 Å². The Labute approximate surface area is 200 Å². The number of nitro groups is 1. The number of carbonyl (C=O) groups excluding carboxylic acids is 1. The number of rotatable bonds is 4. The molecule has 1 aliphatic carbocycles. The number of benzene rings is 3. The molecule has 5 rings (SSSR count).